The summed E-state index contributed by atoms with van der Waals surface area (Å²) in [6.45, 7) is 5.80. The normalized spacial score (nSPS) is 16.9. The van der Waals surface area contributed by atoms with Crippen LogP contribution in [0.15, 0.2) is 36.4 Å². The van der Waals surface area contributed by atoms with Gasteiger partial charge in [-0.3, -0.25) is 4.90 Å². The molecule has 1 aliphatic rings. The van der Waals surface area contributed by atoms with Crippen LogP contribution in [0.25, 0.3) is 0 Å². The number of rotatable bonds is 8. The van der Waals surface area contributed by atoms with E-state index in [1.807, 2.05) is 38.1 Å². The molecule has 7 heteroatoms. The standard InChI is InChI=1S/C24H32FN3O3/c1-5-11-26-24(29)27-16(2)23-19-14-22(31-4)21(30-3)13-17(19)10-12-28(23)15-18-8-6-7-9-20(18)25/h6-9,13-14,16,23H,5,10-12,15H2,1-4H3,(H2,26,27,29)/t16-,23-/m0/s1. The number of carbonyl (C=O) groups is 1. The Morgan fingerprint density at radius 3 is 2.61 bits per heavy atom. The van der Waals surface area contributed by atoms with Gasteiger partial charge in [0.15, 0.2) is 11.5 Å². The maximum atomic E-state index is 14.4. The number of benzene rings is 2. The van der Waals surface area contributed by atoms with Crippen LogP contribution in [0.1, 0.15) is 43.0 Å². The smallest absolute Gasteiger partial charge is 0.315 e. The van der Waals surface area contributed by atoms with E-state index in [4.69, 9.17) is 9.47 Å². The van der Waals surface area contributed by atoms with Crippen molar-refractivity contribution in [3.05, 3.63) is 58.9 Å². The monoisotopic (exact) mass is 429 g/mol. The summed E-state index contributed by atoms with van der Waals surface area (Å²) < 4.78 is 25.4. The highest BCUT2D eigenvalue weighted by atomic mass is 19.1. The molecule has 0 spiro atoms. The Bertz CT molecular complexity index is 906. The molecule has 2 amide bonds. The summed E-state index contributed by atoms with van der Waals surface area (Å²) in [6.07, 6.45) is 1.67. The lowest BCUT2D eigenvalue weighted by Gasteiger charge is -2.41. The lowest BCUT2D eigenvalue weighted by Crippen LogP contribution is -2.50. The molecule has 0 saturated carbocycles. The second-order valence-electron chi connectivity index (χ2n) is 7.85. The van der Waals surface area contributed by atoms with Gasteiger partial charge < -0.3 is 20.1 Å². The number of hydrogen-bond acceptors (Lipinski definition) is 4. The number of fused-ring (bicyclic) bond motifs is 1. The van der Waals surface area contributed by atoms with Gasteiger partial charge in [-0.25, -0.2) is 9.18 Å². The van der Waals surface area contributed by atoms with Gasteiger partial charge in [-0.15, -0.1) is 0 Å². The van der Waals surface area contributed by atoms with Crippen LogP contribution >= 0.6 is 0 Å². The molecule has 0 aromatic heterocycles. The zero-order valence-corrected chi connectivity index (χ0v) is 18.7. The fourth-order valence-electron chi connectivity index (χ4n) is 4.21. The van der Waals surface area contributed by atoms with Crippen molar-refractivity contribution in [2.45, 2.75) is 45.3 Å². The molecule has 3 rings (SSSR count). The minimum atomic E-state index is -0.222. The van der Waals surface area contributed by atoms with Crippen molar-refractivity contribution in [2.75, 3.05) is 27.3 Å². The fourth-order valence-corrected chi connectivity index (χ4v) is 4.21. The summed E-state index contributed by atoms with van der Waals surface area (Å²) in [5.41, 5.74) is 2.85. The summed E-state index contributed by atoms with van der Waals surface area (Å²) in [5, 5.41) is 5.93. The summed E-state index contributed by atoms with van der Waals surface area (Å²) in [5.74, 6) is 1.10. The minimum Gasteiger partial charge on any atom is -0.493 e. The van der Waals surface area contributed by atoms with Crippen molar-refractivity contribution in [1.29, 1.82) is 0 Å². The zero-order valence-electron chi connectivity index (χ0n) is 18.7. The van der Waals surface area contributed by atoms with Crippen LogP contribution in [0.2, 0.25) is 0 Å². The van der Waals surface area contributed by atoms with Gasteiger partial charge in [0.05, 0.1) is 20.3 Å². The van der Waals surface area contributed by atoms with E-state index in [0.717, 1.165) is 30.5 Å². The van der Waals surface area contributed by atoms with Gasteiger partial charge >= 0.3 is 6.03 Å². The molecule has 1 heterocycles. The van der Waals surface area contributed by atoms with Crippen LogP contribution in [-0.4, -0.2) is 44.3 Å². The van der Waals surface area contributed by atoms with Gasteiger partial charge in [-0.2, -0.15) is 0 Å². The molecule has 0 fully saturated rings. The number of ether oxygens (including phenoxy) is 2. The van der Waals surface area contributed by atoms with Crippen LogP contribution in [0, 0.1) is 5.82 Å². The molecular weight excluding hydrogens is 397 g/mol. The molecule has 0 radical (unpaired) electrons. The Kier molecular flexibility index (Phi) is 7.74. The molecule has 0 aliphatic carbocycles. The topological polar surface area (TPSA) is 62.8 Å². The lowest BCUT2D eigenvalue weighted by molar-refractivity contribution is 0.141. The Morgan fingerprint density at radius 1 is 1.23 bits per heavy atom. The van der Waals surface area contributed by atoms with E-state index in [9.17, 15) is 9.18 Å². The first-order valence-corrected chi connectivity index (χ1v) is 10.7. The van der Waals surface area contributed by atoms with Crippen molar-refractivity contribution in [1.82, 2.24) is 15.5 Å². The third kappa shape index (κ3) is 5.28. The molecular formula is C24H32FN3O3. The Labute approximate surface area is 183 Å². The van der Waals surface area contributed by atoms with E-state index in [-0.39, 0.29) is 23.9 Å². The number of methoxy groups -OCH3 is 2. The number of urea groups is 1. The highest BCUT2D eigenvalue weighted by Crippen LogP contribution is 2.40. The summed E-state index contributed by atoms with van der Waals surface area (Å²) in [7, 11) is 3.23. The number of amides is 2. The highest BCUT2D eigenvalue weighted by molar-refractivity contribution is 5.74. The number of halogens is 1. The molecule has 2 aromatic carbocycles. The lowest BCUT2D eigenvalue weighted by atomic mass is 9.87. The Morgan fingerprint density at radius 2 is 1.94 bits per heavy atom. The van der Waals surface area contributed by atoms with E-state index < -0.39 is 0 Å². The number of nitrogens with zero attached hydrogens (tertiary/aromatic N) is 1. The molecule has 2 N–H and O–H groups in total. The third-order valence-electron chi connectivity index (χ3n) is 5.72. The molecule has 6 nitrogen and oxygen atoms in total. The summed E-state index contributed by atoms with van der Waals surface area (Å²) in [6, 6.07) is 10.3. The zero-order chi connectivity index (χ0) is 22.4. The molecule has 1 aliphatic heterocycles. The number of carbonyl (C=O) groups excluding carboxylic acids is 1. The van der Waals surface area contributed by atoms with Crippen molar-refractivity contribution in [2.24, 2.45) is 0 Å². The van der Waals surface area contributed by atoms with Gasteiger partial charge in [0.2, 0.25) is 0 Å². The molecule has 2 aromatic rings. The van der Waals surface area contributed by atoms with Gasteiger partial charge in [0, 0.05) is 31.2 Å². The predicted molar refractivity (Wildman–Crippen MR) is 119 cm³/mol. The van der Waals surface area contributed by atoms with Crippen LogP contribution in [0.3, 0.4) is 0 Å². The average molecular weight is 430 g/mol. The van der Waals surface area contributed by atoms with Crippen LogP contribution in [0.4, 0.5) is 9.18 Å². The SMILES string of the molecule is CCCNC(=O)N[C@@H](C)[C@H]1c2cc(OC)c(OC)cc2CCN1Cc1ccccc1F. The van der Waals surface area contributed by atoms with E-state index in [1.165, 1.54) is 6.07 Å². The van der Waals surface area contributed by atoms with Gasteiger partial charge in [0.1, 0.15) is 5.82 Å². The maximum absolute atomic E-state index is 14.4. The average Bonchev–Trinajstić information content (AvgIpc) is 2.77. The fraction of sp³-hybridized carbons (Fsp3) is 0.458. The van der Waals surface area contributed by atoms with Gasteiger partial charge in [-0.1, -0.05) is 25.1 Å². The quantitative estimate of drug-likeness (QED) is 0.665. The van der Waals surface area contributed by atoms with E-state index in [1.54, 1.807) is 20.3 Å². The van der Waals surface area contributed by atoms with Gasteiger partial charge in [-0.05, 0) is 49.1 Å². The second-order valence-corrected chi connectivity index (χ2v) is 7.85. The summed E-state index contributed by atoms with van der Waals surface area (Å²) in [4.78, 5) is 14.6. The van der Waals surface area contributed by atoms with E-state index in [0.29, 0.717) is 30.2 Å². The molecule has 0 unspecified atom stereocenters. The van der Waals surface area contributed by atoms with Crippen LogP contribution in [-0.2, 0) is 13.0 Å². The van der Waals surface area contributed by atoms with Crippen molar-refractivity contribution >= 4 is 6.03 Å². The first kappa shape index (κ1) is 22.9. The number of hydrogen-bond donors (Lipinski definition) is 2. The summed E-state index contributed by atoms with van der Waals surface area (Å²) >= 11 is 0. The number of nitrogens with one attached hydrogen (secondary N) is 2. The molecule has 168 valence electrons. The third-order valence-corrected chi connectivity index (χ3v) is 5.72. The molecule has 2 atom stereocenters. The largest absolute Gasteiger partial charge is 0.493 e. The predicted octanol–water partition coefficient (Wildman–Crippen LogP) is 4.04. The maximum Gasteiger partial charge on any atom is 0.315 e. The molecule has 0 saturated heterocycles. The second kappa shape index (κ2) is 10.5. The van der Waals surface area contributed by atoms with Crippen molar-refractivity contribution < 1.29 is 18.7 Å². The molecule has 0 bridgehead atoms. The Balaban J connectivity index is 1.95. The van der Waals surface area contributed by atoms with Gasteiger partial charge in [0.25, 0.3) is 0 Å². The first-order chi connectivity index (χ1) is 15.0. The highest BCUT2D eigenvalue weighted by Gasteiger charge is 2.34. The minimum absolute atomic E-state index is 0.143. The van der Waals surface area contributed by atoms with E-state index in [2.05, 4.69) is 15.5 Å². The Hall–Kier alpha value is -2.80. The van der Waals surface area contributed by atoms with Crippen molar-refractivity contribution in [3.8, 4) is 11.5 Å². The first-order valence-electron chi connectivity index (χ1n) is 10.7. The van der Waals surface area contributed by atoms with Crippen molar-refractivity contribution in [3.63, 3.8) is 0 Å². The van der Waals surface area contributed by atoms with E-state index >= 15 is 0 Å². The van der Waals surface area contributed by atoms with Crippen LogP contribution < -0.4 is 20.1 Å². The molecule has 31 heavy (non-hydrogen) atoms. The van der Waals surface area contributed by atoms with Crippen LogP contribution in [0.5, 0.6) is 11.5 Å².